The summed E-state index contributed by atoms with van der Waals surface area (Å²) in [5, 5.41) is 8.46. The van der Waals surface area contributed by atoms with Crippen LogP contribution < -0.4 is 14.4 Å². The Kier molecular flexibility index (Phi) is 5.48. The van der Waals surface area contributed by atoms with Gasteiger partial charge in [-0.1, -0.05) is 0 Å². The number of ether oxygens (including phenoxy) is 3. The van der Waals surface area contributed by atoms with Crippen molar-refractivity contribution in [2.45, 2.75) is 59.3 Å². The molecule has 1 unspecified atom stereocenters. The normalized spacial score (nSPS) is 16.6. The lowest BCUT2D eigenvalue weighted by Gasteiger charge is -2.30. The first-order valence-electron chi connectivity index (χ1n) is 12.4. The molecule has 0 saturated heterocycles. The molecule has 1 aromatic carbocycles. The van der Waals surface area contributed by atoms with Crippen molar-refractivity contribution in [3.05, 3.63) is 59.1 Å². The van der Waals surface area contributed by atoms with Gasteiger partial charge in [0, 0.05) is 23.7 Å². The molecule has 38 heavy (non-hydrogen) atoms. The molecule has 196 valence electrons. The van der Waals surface area contributed by atoms with Crippen LogP contribution in [0.5, 0.6) is 11.5 Å². The molecule has 2 aliphatic rings. The Balaban J connectivity index is 1.60. The van der Waals surface area contributed by atoms with E-state index < -0.39 is 17.5 Å². The quantitative estimate of drug-likeness (QED) is 0.361. The predicted molar refractivity (Wildman–Crippen MR) is 136 cm³/mol. The zero-order chi connectivity index (χ0) is 26.8. The fourth-order valence-corrected chi connectivity index (χ4v) is 4.93. The fraction of sp³-hybridized carbons (Fsp3) is 0.370. The molecule has 2 aliphatic heterocycles. The first-order valence-corrected chi connectivity index (χ1v) is 12.4. The van der Waals surface area contributed by atoms with Crippen LogP contribution in [0.1, 0.15) is 43.3 Å². The van der Waals surface area contributed by atoms with Gasteiger partial charge in [0.05, 0.1) is 29.2 Å². The molecule has 1 atom stereocenters. The van der Waals surface area contributed by atoms with Gasteiger partial charge in [0.2, 0.25) is 0 Å². The zero-order valence-corrected chi connectivity index (χ0v) is 21.8. The number of benzene rings is 1. The summed E-state index contributed by atoms with van der Waals surface area (Å²) in [5.41, 5.74) is 3.47. The standard InChI is InChI=1S/C27H27FN6O4/c1-14-10-29-23(15(2)31-14)18-9-22-25(34-13-30-32-24(18)34)33(26(35)38-27(3,4)5)11-19-17-8-16(12-36-22)37-21(17)7-6-20(19)28/h6-7,9-10,13,16H,8,11-12H2,1-5H3. The van der Waals surface area contributed by atoms with E-state index in [1.54, 1.807) is 43.5 Å². The minimum Gasteiger partial charge on any atom is -0.486 e. The van der Waals surface area contributed by atoms with Gasteiger partial charge in [0.25, 0.3) is 0 Å². The summed E-state index contributed by atoms with van der Waals surface area (Å²) in [7, 11) is 0. The maximum Gasteiger partial charge on any atom is 0.416 e. The monoisotopic (exact) mass is 518 g/mol. The average Bonchev–Trinajstić information content (AvgIpc) is 3.48. The van der Waals surface area contributed by atoms with Crippen LogP contribution in [0.2, 0.25) is 0 Å². The molecule has 0 radical (unpaired) electrons. The van der Waals surface area contributed by atoms with E-state index in [2.05, 4.69) is 20.2 Å². The Labute approximate surface area is 218 Å². The van der Waals surface area contributed by atoms with E-state index in [4.69, 9.17) is 14.2 Å². The second kappa shape index (κ2) is 8.64. The van der Waals surface area contributed by atoms with Crippen molar-refractivity contribution < 1.29 is 23.4 Å². The number of rotatable bonds is 1. The molecule has 0 aliphatic carbocycles. The number of nitrogens with zero attached hydrogens (tertiary/aromatic N) is 6. The lowest BCUT2D eigenvalue weighted by Crippen LogP contribution is -2.38. The summed E-state index contributed by atoms with van der Waals surface area (Å²) >= 11 is 0. The minimum absolute atomic E-state index is 0.105. The molecule has 4 aromatic rings. The predicted octanol–water partition coefficient (Wildman–Crippen LogP) is 4.58. The summed E-state index contributed by atoms with van der Waals surface area (Å²) in [6, 6.07) is 4.75. The molecule has 1 amide bonds. The first kappa shape index (κ1) is 24.1. The summed E-state index contributed by atoms with van der Waals surface area (Å²) in [5.74, 6) is 0.837. The zero-order valence-electron chi connectivity index (χ0n) is 21.8. The molecule has 0 saturated carbocycles. The number of fused-ring (bicyclic) bond motifs is 4. The van der Waals surface area contributed by atoms with Crippen molar-refractivity contribution in [1.82, 2.24) is 24.6 Å². The van der Waals surface area contributed by atoms with Gasteiger partial charge in [-0.05, 0) is 52.8 Å². The van der Waals surface area contributed by atoms with Gasteiger partial charge in [-0.25, -0.2) is 9.18 Å². The number of hydrogen-bond donors (Lipinski definition) is 0. The van der Waals surface area contributed by atoms with Crippen LogP contribution in [-0.4, -0.2) is 49.0 Å². The van der Waals surface area contributed by atoms with Gasteiger partial charge < -0.3 is 14.2 Å². The lowest BCUT2D eigenvalue weighted by atomic mass is 10.0. The number of amides is 1. The second-order valence-electron chi connectivity index (χ2n) is 10.5. The van der Waals surface area contributed by atoms with Gasteiger partial charge in [0.15, 0.2) is 17.2 Å². The van der Waals surface area contributed by atoms with Crippen LogP contribution in [0.15, 0.2) is 30.7 Å². The number of carbonyl (C=O) groups excluding carboxylic acids is 1. The molecule has 10 nitrogen and oxygen atoms in total. The highest BCUT2D eigenvalue weighted by Crippen LogP contribution is 2.41. The van der Waals surface area contributed by atoms with Crippen molar-refractivity contribution in [3.8, 4) is 22.8 Å². The first-order chi connectivity index (χ1) is 18.1. The number of anilines is 1. The van der Waals surface area contributed by atoms with Crippen molar-refractivity contribution in [3.63, 3.8) is 0 Å². The van der Waals surface area contributed by atoms with E-state index in [1.165, 1.54) is 17.3 Å². The lowest BCUT2D eigenvalue weighted by molar-refractivity contribution is 0.0573. The summed E-state index contributed by atoms with van der Waals surface area (Å²) < 4.78 is 35.1. The fourth-order valence-electron chi connectivity index (χ4n) is 4.93. The number of aromatic nitrogens is 5. The Morgan fingerprint density at radius 2 is 2.00 bits per heavy atom. The van der Waals surface area contributed by atoms with E-state index in [0.29, 0.717) is 51.9 Å². The van der Waals surface area contributed by atoms with Crippen molar-refractivity contribution >= 4 is 17.6 Å². The van der Waals surface area contributed by atoms with E-state index in [1.807, 2.05) is 13.8 Å². The van der Waals surface area contributed by atoms with Crippen LogP contribution in [0.25, 0.3) is 16.9 Å². The Morgan fingerprint density at radius 1 is 1.18 bits per heavy atom. The second-order valence-corrected chi connectivity index (χ2v) is 10.5. The van der Waals surface area contributed by atoms with Crippen molar-refractivity contribution in [1.29, 1.82) is 0 Å². The number of hydrogen-bond acceptors (Lipinski definition) is 8. The summed E-state index contributed by atoms with van der Waals surface area (Å²) in [6.07, 6.45) is 2.65. The van der Waals surface area contributed by atoms with Gasteiger partial charge >= 0.3 is 6.09 Å². The molecule has 11 heteroatoms. The molecule has 0 spiro atoms. The van der Waals surface area contributed by atoms with Crippen molar-refractivity contribution in [2.24, 2.45) is 0 Å². The highest BCUT2D eigenvalue weighted by Gasteiger charge is 2.35. The molecule has 3 aromatic heterocycles. The molecule has 6 rings (SSSR count). The van der Waals surface area contributed by atoms with Crippen LogP contribution in [-0.2, 0) is 17.7 Å². The Hall–Kier alpha value is -4.28. The molecule has 2 bridgehead atoms. The topological polar surface area (TPSA) is 104 Å². The van der Waals surface area contributed by atoms with Gasteiger partial charge in [0.1, 0.15) is 36.2 Å². The number of halogens is 1. The van der Waals surface area contributed by atoms with Crippen LogP contribution in [0, 0.1) is 19.7 Å². The molecule has 0 fully saturated rings. The molecule has 5 heterocycles. The maximum absolute atomic E-state index is 15.3. The largest absolute Gasteiger partial charge is 0.486 e. The number of pyridine rings is 1. The van der Waals surface area contributed by atoms with Crippen LogP contribution in [0.3, 0.4) is 0 Å². The van der Waals surface area contributed by atoms with E-state index in [-0.39, 0.29) is 19.3 Å². The third-order valence-corrected chi connectivity index (χ3v) is 6.50. The summed E-state index contributed by atoms with van der Waals surface area (Å²) in [6.45, 7) is 9.14. The summed E-state index contributed by atoms with van der Waals surface area (Å²) in [4.78, 5) is 24.2. The third kappa shape index (κ3) is 4.07. The average molecular weight is 519 g/mol. The van der Waals surface area contributed by atoms with Crippen LogP contribution >= 0.6 is 0 Å². The van der Waals surface area contributed by atoms with Crippen LogP contribution in [0.4, 0.5) is 15.0 Å². The third-order valence-electron chi connectivity index (χ3n) is 6.50. The Morgan fingerprint density at radius 3 is 2.76 bits per heavy atom. The molecular formula is C27H27FN6O4. The highest BCUT2D eigenvalue weighted by molar-refractivity contribution is 5.91. The maximum atomic E-state index is 15.3. The number of aryl methyl sites for hydroxylation is 2. The van der Waals surface area contributed by atoms with E-state index in [9.17, 15) is 4.79 Å². The number of carbonyl (C=O) groups is 1. The van der Waals surface area contributed by atoms with E-state index >= 15 is 4.39 Å². The Bertz CT molecular complexity index is 1590. The molecular weight excluding hydrogens is 491 g/mol. The van der Waals surface area contributed by atoms with Gasteiger partial charge in [-0.3, -0.25) is 19.3 Å². The SMILES string of the molecule is Cc1cnc(-c2cc3c(n4cnnc24)N(C(=O)OC(C)(C)C)Cc2c(F)ccc4c2CC(CO3)O4)c(C)n1. The van der Waals surface area contributed by atoms with Gasteiger partial charge in [-0.2, -0.15) is 0 Å². The van der Waals surface area contributed by atoms with Gasteiger partial charge in [-0.15, -0.1) is 10.2 Å². The smallest absolute Gasteiger partial charge is 0.416 e. The molecule has 0 N–H and O–H groups in total. The minimum atomic E-state index is -0.792. The highest BCUT2D eigenvalue weighted by atomic mass is 19.1. The van der Waals surface area contributed by atoms with Crippen molar-refractivity contribution in [2.75, 3.05) is 11.5 Å². The van der Waals surface area contributed by atoms with E-state index in [0.717, 1.165) is 11.3 Å².